The minimum Gasteiger partial charge on any atom is -0.324 e. The van der Waals surface area contributed by atoms with Gasteiger partial charge in [0.1, 0.15) is 0 Å². The summed E-state index contributed by atoms with van der Waals surface area (Å²) in [5, 5.41) is 3.11. The van der Waals surface area contributed by atoms with Gasteiger partial charge in [0.15, 0.2) is 5.16 Å². The molecule has 1 amide bonds. The van der Waals surface area contributed by atoms with E-state index >= 15 is 0 Å². The Labute approximate surface area is 166 Å². The van der Waals surface area contributed by atoms with E-state index in [1.165, 1.54) is 11.6 Å². The molecule has 0 bridgehead atoms. The zero-order valence-electron chi connectivity index (χ0n) is 14.4. The van der Waals surface area contributed by atoms with Crippen molar-refractivity contribution in [3.05, 3.63) is 63.4 Å². The van der Waals surface area contributed by atoms with E-state index in [0.717, 1.165) is 30.0 Å². The number of nitrogens with zero attached hydrogens (tertiary/aromatic N) is 2. The van der Waals surface area contributed by atoms with Crippen molar-refractivity contribution in [2.75, 3.05) is 11.1 Å². The first-order chi connectivity index (χ1) is 13.2. The molecule has 28 heavy (non-hydrogen) atoms. The van der Waals surface area contributed by atoms with E-state index in [1.54, 1.807) is 24.3 Å². The monoisotopic (exact) mass is 427 g/mol. The van der Waals surface area contributed by atoms with E-state index in [4.69, 9.17) is 11.6 Å². The minimum atomic E-state index is -4.55. The molecule has 2 aromatic carbocycles. The first kappa shape index (κ1) is 20.2. The number of amides is 1. The number of hydrogen-bond donors (Lipinski definition) is 1. The Morgan fingerprint density at radius 3 is 2.68 bits per heavy atom. The van der Waals surface area contributed by atoms with Crippen molar-refractivity contribution in [3.63, 3.8) is 0 Å². The lowest BCUT2D eigenvalue weighted by Gasteiger charge is -2.12. The third-order valence-corrected chi connectivity index (χ3v) is 5.20. The van der Waals surface area contributed by atoms with Gasteiger partial charge in [0.05, 0.1) is 32.9 Å². The van der Waals surface area contributed by atoms with Crippen LogP contribution < -0.4 is 10.9 Å². The number of thioether (sulfide) groups is 1. The second kappa shape index (κ2) is 7.84. The van der Waals surface area contributed by atoms with Gasteiger partial charge in [0.25, 0.3) is 5.56 Å². The lowest BCUT2D eigenvalue weighted by Crippen LogP contribution is -2.21. The molecule has 0 atom stereocenters. The number of aromatic nitrogens is 2. The van der Waals surface area contributed by atoms with E-state index < -0.39 is 17.6 Å². The Balaban J connectivity index is 1.76. The van der Waals surface area contributed by atoms with Crippen LogP contribution in [-0.2, 0) is 18.0 Å². The van der Waals surface area contributed by atoms with Gasteiger partial charge in [-0.2, -0.15) is 13.2 Å². The molecule has 0 aliphatic heterocycles. The van der Waals surface area contributed by atoms with Crippen LogP contribution in [0.25, 0.3) is 10.9 Å². The molecule has 5 nitrogen and oxygen atoms in total. The number of para-hydroxylation sites is 1. The van der Waals surface area contributed by atoms with Crippen molar-refractivity contribution in [1.29, 1.82) is 0 Å². The predicted molar refractivity (Wildman–Crippen MR) is 103 cm³/mol. The molecule has 1 aromatic heterocycles. The van der Waals surface area contributed by atoms with Gasteiger partial charge in [-0.05, 0) is 30.3 Å². The van der Waals surface area contributed by atoms with Crippen LogP contribution in [-0.4, -0.2) is 21.2 Å². The van der Waals surface area contributed by atoms with Gasteiger partial charge in [-0.3, -0.25) is 14.2 Å². The highest BCUT2D eigenvalue weighted by atomic mass is 35.5. The maximum atomic E-state index is 12.8. The van der Waals surface area contributed by atoms with Crippen LogP contribution in [0.1, 0.15) is 5.56 Å². The summed E-state index contributed by atoms with van der Waals surface area (Å²) >= 11 is 6.87. The first-order valence-corrected chi connectivity index (χ1v) is 9.28. The zero-order valence-corrected chi connectivity index (χ0v) is 16.0. The fraction of sp³-hybridized carbons (Fsp3) is 0.167. The van der Waals surface area contributed by atoms with Gasteiger partial charge < -0.3 is 5.32 Å². The Morgan fingerprint density at radius 1 is 1.25 bits per heavy atom. The Kier molecular flexibility index (Phi) is 5.66. The van der Waals surface area contributed by atoms with Crippen LogP contribution in [0.15, 0.2) is 52.4 Å². The number of anilines is 1. The number of fused-ring (bicyclic) bond motifs is 1. The molecule has 0 spiro atoms. The number of rotatable bonds is 4. The molecular weight excluding hydrogens is 415 g/mol. The third-order valence-electron chi connectivity index (χ3n) is 3.84. The fourth-order valence-corrected chi connectivity index (χ4v) is 3.38. The number of nitrogens with one attached hydrogen (secondary N) is 1. The number of carbonyl (C=O) groups excluding carboxylic acids is 1. The summed E-state index contributed by atoms with van der Waals surface area (Å²) in [6.07, 6.45) is -4.55. The lowest BCUT2D eigenvalue weighted by atomic mass is 10.2. The molecule has 0 unspecified atom stereocenters. The van der Waals surface area contributed by atoms with Crippen LogP contribution in [0.2, 0.25) is 5.02 Å². The Bertz CT molecular complexity index is 1120. The van der Waals surface area contributed by atoms with Gasteiger partial charge in [0.2, 0.25) is 5.91 Å². The average Bonchev–Trinajstić information content (AvgIpc) is 2.64. The molecule has 0 aliphatic carbocycles. The third kappa shape index (κ3) is 4.31. The molecule has 0 saturated heterocycles. The normalized spacial score (nSPS) is 11.6. The summed E-state index contributed by atoms with van der Waals surface area (Å²) in [6, 6.07) is 9.49. The molecule has 1 heterocycles. The quantitative estimate of drug-likeness (QED) is 0.497. The summed E-state index contributed by atoms with van der Waals surface area (Å²) in [5.41, 5.74) is -0.815. The highest BCUT2D eigenvalue weighted by Crippen LogP contribution is 2.33. The highest BCUT2D eigenvalue weighted by molar-refractivity contribution is 7.99. The van der Waals surface area contributed by atoms with Crippen molar-refractivity contribution < 1.29 is 18.0 Å². The van der Waals surface area contributed by atoms with Crippen molar-refractivity contribution in [2.45, 2.75) is 11.3 Å². The molecule has 0 radical (unpaired) electrons. The van der Waals surface area contributed by atoms with Crippen molar-refractivity contribution >= 4 is 45.9 Å². The van der Waals surface area contributed by atoms with Gasteiger partial charge >= 0.3 is 6.18 Å². The molecule has 1 N–H and O–H groups in total. The maximum absolute atomic E-state index is 12.8. The summed E-state index contributed by atoms with van der Waals surface area (Å²) in [7, 11) is 1.53. The molecular formula is C18H13ClF3N3O2S. The standard InChI is InChI=1S/C18H13ClF3N3O2S/c1-25-16(27)11-4-2-3-5-13(11)24-17(25)28-9-15(26)23-14-8-10(18(20,21)22)6-7-12(14)19/h2-8H,9H2,1H3,(H,23,26). The van der Waals surface area contributed by atoms with Crippen LogP contribution in [0, 0.1) is 0 Å². The molecule has 10 heteroatoms. The molecule has 0 saturated carbocycles. The average molecular weight is 428 g/mol. The van der Waals surface area contributed by atoms with Gasteiger partial charge in [0, 0.05) is 7.05 Å². The lowest BCUT2D eigenvalue weighted by molar-refractivity contribution is -0.137. The smallest absolute Gasteiger partial charge is 0.324 e. The molecule has 146 valence electrons. The molecule has 3 rings (SSSR count). The van der Waals surface area contributed by atoms with Gasteiger partial charge in [-0.25, -0.2) is 4.98 Å². The Hall–Kier alpha value is -2.52. The van der Waals surface area contributed by atoms with Crippen LogP contribution in [0.4, 0.5) is 18.9 Å². The summed E-state index contributed by atoms with van der Waals surface area (Å²) in [5.74, 6) is -0.737. The maximum Gasteiger partial charge on any atom is 0.416 e. The fourth-order valence-electron chi connectivity index (χ4n) is 2.44. The predicted octanol–water partition coefficient (Wildman–Crippen LogP) is 4.34. The second-order valence-corrected chi connectivity index (χ2v) is 7.15. The number of benzene rings is 2. The number of carbonyl (C=O) groups is 1. The van der Waals surface area contributed by atoms with Crippen LogP contribution in [0.5, 0.6) is 0 Å². The number of alkyl halides is 3. The second-order valence-electron chi connectivity index (χ2n) is 5.80. The first-order valence-electron chi connectivity index (χ1n) is 7.92. The van der Waals surface area contributed by atoms with E-state index in [1.807, 2.05) is 0 Å². The van der Waals surface area contributed by atoms with E-state index in [-0.39, 0.29) is 22.0 Å². The minimum absolute atomic E-state index is 0.0115. The molecule has 3 aromatic rings. The molecule has 0 aliphatic rings. The van der Waals surface area contributed by atoms with E-state index in [0.29, 0.717) is 16.1 Å². The van der Waals surface area contributed by atoms with Crippen molar-refractivity contribution in [3.8, 4) is 0 Å². The zero-order chi connectivity index (χ0) is 20.5. The topological polar surface area (TPSA) is 64.0 Å². The summed E-state index contributed by atoms with van der Waals surface area (Å²) < 4.78 is 39.8. The largest absolute Gasteiger partial charge is 0.416 e. The number of hydrogen-bond acceptors (Lipinski definition) is 4. The van der Waals surface area contributed by atoms with Gasteiger partial charge in [-0.15, -0.1) is 0 Å². The highest BCUT2D eigenvalue weighted by Gasteiger charge is 2.31. The van der Waals surface area contributed by atoms with Crippen molar-refractivity contribution in [1.82, 2.24) is 9.55 Å². The van der Waals surface area contributed by atoms with E-state index in [9.17, 15) is 22.8 Å². The van der Waals surface area contributed by atoms with Gasteiger partial charge in [-0.1, -0.05) is 35.5 Å². The number of halogens is 4. The van der Waals surface area contributed by atoms with Crippen LogP contribution in [0.3, 0.4) is 0 Å². The van der Waals surface area contributed by atoms with E-state index in [2.05, 4.69) is 10.3 Å². The van der Waals surface area contributed by atoms with Crippen molar-refractivity contribution in [2.24, 2.45) is 7.05 Å². The molecule has 0 fully saturated rings. The summed E-state index contributed by atoms with van der Waals surface area (Å²) in [4.78, 5) is 28.9. The SMILES string of the molecule is Cn1c(SCC(=O)Nc2cc(C(F)(F)F)ccc2Cl)nc2ccccc2c1=O. The Morgan fingerprint density at radius 2 is 1.96 bits per heavy atom. The summed E-state index contributed by atoms with van der Waals surface area (Å²) in [6.45, 7) is 0. The van der Waals surface area contributed by atoms with Crippen LogP contribution >= 0.6 is 23.4 Å².